The number of hydrogen-bond donors (Lipinski definition) is 1. The van der Waals surface area contributed by atoms with Gasteiger partial charge in [-0.2, -0.15) is 0 Å². The fraction of sp³-hybridized carbons (Fsp3) is 0.474. The van der Waals surface area contributed by atoms with Crippen LogP contribution in [0.2, 0.25) is 0 Å². The summed E-state index contributed by atoms with van der Waals surface area (Å²) in [6, 6.07) is 12.9. The molecule has 1 aromatic heterocycles. The second-order valence-electron chi connectivity index (χ2n) is 6.73. The Kier molecular flexibility index (Phi) is 7.08. The van der Waals surface area contributed by atoms with Gasteiger partial charge < -0.3 is 19.5 Å². The van der Waals surface area contributed by atoms with E-state index in [4.69, 9.17) is 9.26 Å². The summed E-state index contributed by atoms with van der Waals surface area (Å²) < 4.78 is 10.9. The van der Waals surface area contributed by atoms with E-state index < -0.39 is 0 Å². The third-order valence-corrected chi connectivity index (χ3v) is 5.08. The number of aliphatic imine (C=N–C) groups is 1. The zero-order valence-corrected chi connectivity index (χ0v) is 17.8. The van der Waals surface area contributed by atoms with Gasteiger partial charge in [-0.1, -0.05) is 35.5 Å². The number of halogens is 1. The SMILES string of the molecule is CN=C(NCc1ccon1)N1CC2OCCN(Cc3ccccc3)C2C1.I. The maximum absolute atomic E-state index is 6.05. The number of nitrogens with one attached hydrogen (secondary N) is 1. The molecule has 27 heavy (non-hydrogen) atoms. The molecule has 2 aliphatic heterocycles. The first kappa shape index (κ1) is 20.1. The number of hydrogen-bond acceptors (Lipinski definition) is 5. The first-order valence-electron chi connectivity index (χ1n) is 9.08. The Morgan fingerprint density at radius 2 is 2.11 bits per heavy atom. The van der Waals surface area contributed by atoms with Crippen molar-refractivity contribution >= 4 is 29.9 Å². The van der Waals surface area contributed by atoms with Crippen LogP contribution in [0.4, 0.5) is 0 Å². The fourth-order valence-corrected chi connectivity index (χ4v) is 3.78. The lowest BCUT2D eigenvalue weighted by Crippen LogP contribution is -2.50. The Hall–Kier alpha value is -1.65. The monoisotopic (exact) mass is 483 g/mol. The van der Waals surface area contributed by atoms with E-state index >= 15 is 0 Å². The number of ether oxygens (including phenoxy) is 1. The van der Waals surface area contributed by atoms with Crippen LogP contribution in [0.25, 0.3) is 0 Å². The molecule has 7 nitrogen and oxygen atoms in total. The Bertz CT molecular complexity index is 725. The molecule has 0 bridgehead atoms. The van der Waals surface area contributed by atoms with Crippen molar-refractivity contribution in [2.45, 2.75) is 25.2 Å². The zero-order chi connectivity index (χ0) is 17.8. The second kappa shape index (κ2) is 9.52. The number of aromatic nitrogens is 1. The van der Waals surface area contributed by atoms with Crippen molar-refractivity contribution < 1.29 is 9.26 Å². The number of guanidine groups is 1. The van der Waals surface area contributed by atoms with Gasteiger partial charge in [-0.15, -0.1) is 24.0 Å². The molecular formula is C19H26IN5O2. The van der Waals surface area contributed by atoms with Gasteiger partial charge in [0.25, 0.3) is 0 Å². The number of morpholine rings is 1. The number of fused-ring (bicyclic) bond motifs is 1. The second-order valence-corrected chi connectivity index (χ2v) is 6.73. The maximum atomic E-state index is 6.05. The van der Waals surface area contributed by atoms with Crippen LogP contribution >= 0.6 is 24.0 Å². The van der Waals surface area contributed by atoms with Gasteiger partial charge in [0.2, 0.25) is 0 Å². The van der Waals surface area contributed by atoms with Gasteiger partial charge in [-0.25, -0.2) is 0 Å². The molecular weight excluding hydrogens is 457 g/mol. The summed E-state index contributed by atoms with van der Waals surface area (Å²) in [6.07, 6.45) is 1.80. The van der Waals surface area contributed by atoms with Crippen molar-refractivity contribution in [3.63, 3.8) is 0 Å². The summed E-state index contributed by atoms with van der Waals surface area (Å²) in [5.41, 5.74) is 2.21. The van der Waals surface area contributed by atoms with Crippen LogP contribution in [-0.4, -0.2) is 66.4 Å². The van der Waals surface area contributed by atoms with E-state index in [1.807, 2.05) is 13.1 Å². The Balaban J connectivity index is 0.00000210. The average Bonchev–Trinajstić information content (AvgIpc) is 3.33. The van der Waals surface area contributed by atoms with E-state index in [0.717, 1.165) is 44.4 Å². The largest absolute Gasteiger partial charge is 0.373 e. The van der Waals surface area contributed by atoms with Crippen molar-refractivity contribution in [2.24, 2.45) is 4.99 Å². The molecule has 0 radical (unpaired) electrons. The molecule has 0 aliphatic carbocycles. The summed E-state index contributed by atoms with van der Waals surface area (Å²) in [6.45, 7) is 5.08. The molecule has 1 N–H and O–H groups in total. The molecule has 4 rings (SSSR count). The van der Waals surface area contributed by atoms with Crippen molar-refractivity contribution in [2.75, 3.05) is 33.3 Å². The Morgan fingerprint density at radius 1 is 1.26 bits per heavy atom. The molecule has 0 spiro atoms. The fourth-order valence-electron chi connectivity index (χ4n) is 3.78. The van der Waals surface area contributed by atoms with Crippen molar-refractivity contribution in [1.29, 1.82) is 0 Å². The van der Waals surface area contributed by atoms with Crippen LogP contribution in [0.3, 0.4) is 0 Å². The Morgan fingerprint density at radius 3 is 2.85 bits per heavy atom. The van der Waals surface area contributed by atoms with E-state index in [1.54, 1.807) is 6.26 Å². The number of nitrogens with zero attached hydrogens (tertiary/aromatic N) is 4. The van der Waals surface area contributed by atoms with E-state index in [0.29, 0.717) is 12.6 Å². The first-order chi connectivity index (χ1) is 12.8. The molecule has 2 saturated heterocycles. The van der Waals surface area contributed by atoms with Crippen LogP contribution in [0.5, 0.6) is 0 Å². The molecule has 3 heterocycles. The molecule has 2 fully saturated rings. The summed E-state index contributed by atoms with van der Waals surface area (Å²) in [5.74, 6) is 0.880. The third-order valence-electron chi connectivity index (χ3n) is 5.08. The number of likely N-dealkylation sites (tertiary alicyclic amines) is 1. The highest BCUT2D eigenvalue weighted by molar-refractivity contribution is 14.0. The number of rotatable bonds is 4. The maximum Gasteiger partial charge on any atom is 0.194 e. The summed E-state index contributed by atoms with van der Waals surface area (Å²) in [5, 5.41) is 7.30. The minimum atomic E-state index is 0. The highest BCUT2D eigenvalue weighted by atomic mass is 127. The molecule has 2 aromatic rings. The molecule has 8 heteroatoms. The summed E-state index contributed by atoms with van der Waals surface area (Å²) in [7, 11) is 1.82. The normalized spacial score (nSPS) is 23.0. The van der Waals surface area contributed by atoms with Gasteiger partial charge in [0.15, 0.2) is 5.96 Å². The highest BCUT2D eigenvalue weighted by Crippen LogP contribution is 2.24. The standard InChI is InChI=1S/C19H25N5O2.HI/c1-20-19(21-11-16-7-9-26-22-16)24-13-17-18(14-24)25-10-8-23(17)12-15-5-3-2-4-6-15;/h2-7,9,17-18H,8,10-14H2,1H3,(H,20,21);1H. The summed E-state index contributed by atoms with van der Waals surface area (Å²) >= 11 is 0. The van der Waals surface area contributed by atoms with E-state index in [9.17, 15) is 0 Å². The first-order valence-corrected chi connectivity index (χ1v) is 9.08. The third kappa shape index (κ3) is 4.80. The van der Waals surface area contributed by atoms with Crippen LogP contribution < -0.4 is 5.32 Å². The van der Waals surface area contributed by atoms with Gasteiger partial charge in [0, 0.05) is 39.3 Å². The van der Waals surface area contributed by atoms with Gasteiger partial charge in [-0.3, -0.25) is 9.89 Å². The molecule has 2 aliphatic rings. The minimum absolute atomic E-state index is 0. The van der Waals surface area contributed by atoms with Crippen LogP contribution in [0, 0.1) is 0 Å². The lowest BCUT2D eigenvalue weighted by Gasteiger charge is -2.36. The van der Waals surface area contributed by atoms with Gasteiger partial charge in [-0.05, 0) is 5.56 Å². The zero-order valence-electron chi connectivity index (χ0n) is 15.5. The molecule has 0 saturated carbocycles. The smallest absolute Gasteiger partial charge is 0.194 e. The Labute approximate surface area is 176 Å². The number of benzene rings is 1. The van der Waals surface area contributed by atoms with Crippen LogP contribution in [-0.2, 0) is 17.8 Å². The molecule has 2 unspecified atom stereocenters. The predicted octanol–water partition coefficient (Wildman–Crippen LogP) is 1.95. The average molecular weight is 483 g/mol. The molecule has 1 aromatic carbocycles. The van der Waals surface area contributed by atoms with Crippen LogP contribution in [0.15, 0.2) is 52.2 Å². The van der Waals surface area contributed by atoms with E-state index in [1.165, 1.54) is 5.56 Å². The van der Waals surface area contributed by atoms with E-state index in [-0.39, 0.29) is 30.1 Å². The van der Waals surface area contributed by atoms with Crippen LogP contribution in [0.1, 0.15) is 11.3 Å². The minimum Gasteiger partial charge on any atom is -0.373 e. The van der Waals surface area contributed by atoms with Gasteiger partial charge in [0.05, 0.1) is 25.3 Å². The molecule has 2 atom stereocenters. The van der Waals surface area contributed by atoms with Gasteiger partial charge in [0.1, 0.15) is 12.0 Å². The predicted molar refractivity (Wildman–Crippen MR) is 114 cm³/mol. The van der Waals surface area contributed by atoms with Crippen molar-refractivity contribution in [3.05, 3.63) is 53.9 Å². The van der Waals surface area contributed by atoms with Crippen molar-refractivity contribution in [1.82, 2.24) is 20.3 Å². The molecule has 146 valence electrons. The topological polar surface area (TPSA) is 66.1 Å². The lowest BCUT2D eigenvalue weighted by atomic mass is 10.1. The molecule has 0 amide bonds. The summed E-state index contributed by atoms with van der Waals surface area (Å²) in [4.78, 5) is 9.25. The quantitative estimate of drug-likeness (QED) is 0.408. The lowest BCUT2D eigenvalue weighted by molar-refractivity contribution is -0.0502. The van der Waals surface area contributed by atoms with Gasteiger partial charge >= 0.3 is 0 Å². The van der Waals surface area contributed by atoms with E-state index in [2.05, 4.69) is 55.6 Å². The van der Waals surface area contributed by atoms with Crippen molar-refractivity contribution in [3.8, 4) is 0 Å². The highest BCUT2D eigenvalue weighted by Gasteiger charge is 2.41.